The highest BCUT2D eigenvalue weighted by molar-refractivity contribution is 5.77. The smallest absolute Gasteiger partial charge is 0.130 e. The molecular weight excluding hydrogens is 248 g/mol. The number of anilines is 1. The van der Waals surface area contributed by atoms with Crippen LogP contribution in [0.25, 0.3) is 5.57 Å². The molecule has 102 valence electrons. The second kappa shape index (κ2) is 4.53. The predicted molar refractivity (Wildman–Crippen MR) is 67.9 cm³/mol. The summed E-state index contributed by atoms with van der Waals surface area (Å²) in [6.45, 7) is -0.235. The number of nitrogens with two attached hydrogens (primary N) is 1. The van der Waals surface area contributed by atoms with E-state index >= 15 is 0 Å². The van der Waals surface area contributed by atoms with E-state index in [-0.39, 0.29) is 6.61 Å². The minimum atomic E-state index is -1.00. The maximum Gasteiger partial charge on any atom is 0.130 e. The first-order valence-electron chi connectivity index (χ1n) is 6.16. The third-order valence-corrected chi connectivity index (χ3v) is 3.81. The van der Waals surface area contributed by atoms with E-state index in [1.807, 2.05) is 6.08 Å². The summed E-state index contributed by atoms with van der Waals surface area (Å²) < 4.78 is 0. The normalized spacial score (nSPS) is 33.3. The predicted octanol–water partition coefficient (Wildman–Crippen LogP) is -1.95. The summed E-state index contributed by atoms with van der Waals surface area (Å²) in [5.41, 5.74) is 8.13. The molecule has 4 atom stereocenters. The van der Waals surface area contributed by atoms with Crippen molar-refractivity contribution < 1.29 is 15.3 Å². The highest BCUT2D eigenvalue weighted by atomic mass is 16.3. The lowest BCUT2D eigenvalue weighted by Crippen LogP contribution is -2.36. The van der Waals surface area contributed by atoms with E-state index in [2.05, 4.69) is 15.3 Å². The van der Waals surface area contributed by atoms with Gasteiger partial charge in [-0.05, 0) is 12.0 Å². The van der Waals surface area contributed by atoms with Crippen molar-refractivity contribution in [1.29, 1.82) is 0 Å². The summed E-state index contributed by atoms with van der Waals surface area (Å²) >= 11 is 0. The van der Waals surface area contributed by atoms with E-state index in [0.717, 1.165) is 11.1 Å². The van der Waals surface area contributed by atoms with E-state index in [9.17, 15) is 10.2 Å². The minimum Gasteiger partial charge on any atom is -0.395 e. The van der Waals surface area contributed by atoms with Crippen LogP contribution in [0, 0.1) is 0 Å². The lowest BCUT2D eigenvalue weighted by atomic mass is 10.00. The molecule has 0 saturated carbocycles. The summed E-state index contributed by atoms with van der Waals surface area (Å²) in [4.78, 5) is 8.14. The number of aromatic nitrogens is 2. The van der Waals surface area contributed by atoms with Crippen molar-refractivity contribution in [2.24, 2.45) is 0 Å². The average molecular weight is 264 g/mol. The number of allylic oxidation sites excluding steroid dienone is 1. The number of nitrogen functional groups attached to an aromatic ring is 1. The maximum absolute atomic E-state index is 10.1. The highest BCUT2D eigenvalue weighted by Gasteiger charge is 2.43. The number of rotatable bonds is 2. The molecule has 1 aliphatic carbocycles. The Balaban J connectivity index is 1.92. The Bertz CT molecular complexity index is 534. The van der Waals surface area contributed by atoms with Crippen LogP contribution < -0.4 is 11.1 Å². The number of hydrogen-bond acceptors (Lipinski definition) is 7. The third kappa shape index (κ3) is 1.82. The molecule has 1 aromatic heterocycles. The molecule has 0 unspecified atom stereocenters. The van der Waals surface area contributed by atoms with Crippen LogP contribution in [0.5, 0.6) is 0 Å². The molecule has 7 nitrogen and oxygen atoms in total. The van der Waals surface area contributed by atoms with E-state index in [4.69, 9.17) is 10.8 Å². The van der Waals surface area contributed by atoms with Gasteiger partial charge in [-0.1, -0.05) is 6.08 Å². The van der Waals surface area contributed by atoms with Crippen LogP contribution in [-0.2, 0) is 6.42 Å². The molecule has 1 fully saturated rings. The van der Waals surface area contributed by atoms with Gasteiger partial charge in [0.25, 0.3) is 0 Å². The number of fused-ring (bicyclic) bond motifs is 1. The molecule has 0 amide bonds. The lowest BCUT2D eigenvalue weighted by molar-refractivity contribution is 0.0246. The van der Waals surface area contributed by atoms with Gasteiger partial charge in [-0.15, -0.1) is 0 Å². The first-order chi connectivity index (χ1) is 9.13. The quantitative estimate of drug-likeness (QED) is 0.420. The SMILES string of the molecule is Nc1ncnc2c1CC=C2[C@H]1N[C@@H](CO)[C@H](O)[C@@H]1O. The maximum atomic E-state index is 10.1. The van der Waals surface area contributed by atoms with Crippen LogP contribution in [0.2, 0.25) is 0 Å². The van der Waals surface area contributed by atoms with Gasteiger partial charge in [-0.3, -0.25) is 0 Å². The fourth-order valence-corrected chi connectivity index (χ4v) is 2.76. The Hall–Kier alpha value is -1.54. The largest absolute Gasteiger partial charge is 0.395 e. The Morgan fingerprint density at radius 1 is 1.32 bits per heavy atom. The molecule has 1 saturated heterocycles. The standard InChI is InChI=1S/C12H16N4O3/c13-12-6-2-1-5(8(6)14-4-15-12)9-11(19)10(18)7(3-17)16-9/h1,4,7,9-11,16-19H,2-3H2,(H2,13,14,15)/t7-,9+,10-,11+/m0/s1. The average Bonchev–Trinajstić information content (AvgIpc) is 2.94. The Morgan fingerprint density at radius 2 is 2.11 bits per heavy atom. The molecule has 2 heterocycles. The van der Waals surface area contributed by atoms with Crippen LogP contribution in [-0.4, -0.2) is 56.2 Å². The molecule has 0 aromatic carbocycles. The van der Waals surface area contributed by atoms with Crippen LogP contribution in [0.15, 0.2) is 12.4 Å². The van der Waals surface area contributed by atoms with Crippen LogP contribution in [0.4, 0.5) is 5.82 Å². The number of nitrogens with one attached hydrogen (secondary N) is 1. The van der Waals surface area contributed by atoms with E-state index < -0.39 is 24.3 Å². The van der Waals surface area contributed by atoms with Gasteiger partial charge in [-0.2, -0.15) is 0 Å². The fraction of sp³-hybridized carbons (Fsp3) is 0.500. The number of aliphatic hydroxyl groups excluding tert-OH is 3. The second-order valence-electron chi connectivity index (χ2n) is 4.86. The number of hydrogen-bond donors (Lipinski definition) is 5. The van der Waals surface area contributed by atoms with Gasteiger partial charge < -0.3 is 26.4 Å². The van der Waals surface area contributed by atoms with Gasteiger partial charge in [0.2, 0.25) is 0 Å². The van der Waals surface area contributed by atoms with Crippen LogP contribution in [0.1, 0.15) is 11.3 Å². The van der Waals surface area contributed by atoms with Crippen molar-refractivity contribution in [2.45, 2.75) is 30.7 Å². The molecular formula is C12H16N4O3. The molecule has 6 N–H and O–H groups in total. The van der Waals surface area contributed by atoms with Crippen molar-refractivity contribution in [3.8, 4) is 0 Å². The van der Waals surface area contributed by atoms with Crippen molar-refractivity contribution >= 4 is 11.4 Å². The molecule has 3 rings (SSSR count). The van der Waals surface area contributed by atoms with Crippen molar-refractivity contribution in [3.63, 3.8) is 0 Å². The van der Waals surface area contributed by atoms with Gasteiger partial charge in [0, 0.05) is 5.56 Å². The van der Waals surface area contributed by atoms with E-state index in [1.165, 1.54) is 6.33 Å². The van der Waals surface area contributed by atoms with Crippen LogP contribution >= 0.6 is 0 Å². The Labute approximate surface area is 109 Å². The van der Waals surface area contributed by atoms with E-state index in [0.29, 0.717) is 17.9 Å². The van der Waals surface area contributed by atoms with Gasteiger partial charge >= 0.3 is 0 Å². The minimum absolute atomic E-state index is 0.235. The second-order valence-corrected chi connectivity index (χ2v) is 4.86. The molecule has 1 aromatic rings. The summed E-state index contributed by atoms with van der Waals surface area (Å²) in [5, 5.41) is 32.1. The Kier molecular flexibility index (Phi) is 2.98. The zero-order chi connectivity index (χ0) is 13.6. The van der Waals surface area contributed by atoms with Gasteiger partial charge in [0.15, 0.2) is 0 Å². The Morgan fingerprint density at radius 3 is 2.79 bits per heavy atom. The zero-order valence-electron chi connectivity index (χ0n) is 10.2. The molecule has 7 heteroatoms. The van der Waals surface area contributed by atoms with Gasteiger partial charge in [0.05, 0.1) is 30.5 Å². The number of aliphatic hydroxyl groups is 3. The van der Waals surface area contributed by atoms with Crippen molar-refractivity contribution in [1.82, 2.24) is 15.3 Å². The first kappa shape index (κ1) is 12.5. The molecule has 0 spiro atoms. The summed E-state index contributed by atoms with van der Waals surface area (Å²) in [5.74, 6) is 0.433. The first-order valence-corrected chi connectivity index (χ1v) is 6.16. The third-order valence-electron chi connectivity index (χ3n) is 3.81. The van der Waals surface area contributed by atoms with Gasteiger partial charge in [0.1, 0.15) is 18.2 Å². The zero-order valence-corrected chi connectivity index (χ0v) is 10.2. The summed E-state index contributed by atoms with van der Waals surface area (Å²) in [6.07, 6.45) is 1.93. The van der Waals surface area contributed by atoms with Crippen molar-refractivity contribution in [2.75, 3.05) is 12.3 Å². The van der Waals surface area contributed by atoms with E-state index in [1.54, 1.807) is 0 Å². The topological polar surface area (TPSA) is 125 Å². The monoisotopic (exact) mass is 264 g/mol. The van der Waals surface area contributed by atoms with Crippen LogP contribution in [0.3, 0.4) is 0 Å². The summed E-state index contributed by atoms with van der Waals surface area (Å²) in [6, 6.07) is -0.994. The molecule has 0 bridgehead atoms. The lowest BCUT2D eigenvalue weighted by Gasteiger charge is -2.17. The van der Waals surface area contributed by atoms with Crippen molar-refractivity contribution in [3.05, 3.63) is 23.7 Å². The van der Waals surface area contributed by atoms with Gasteiger partial charge in [-0.25, -0.2) is 9.97 Å². The number of nitrogens with zero attached hydrogens (tertiary/aromatic N) is 2. The highest BCUT2D eigenvalue weighted by Crippen LogP contribution is 2.34. The molecule has 2 aliphatic rings. The fourth-order valence-electron chi connectivity index (χ4n) is 2.76. The molecule has 19 heavy (non-hydrogen) atoms. The molecule has 0 radical (unpaired) electrons. The molecule has 1 aliphatic heterocycles. The summed E-state index contributed by atoms with van der Waals surface area (Å²) in [7, 11) is 0.